The molecule has 2 heterocycles. The third-order valence-corrected chi connectivity index (χ3v) is 3.04. The van der Waals surface area contributed by atoms with Crippen LogP contribution in [0.2, 0.25) is 0 Å². The van der Waals surface area contributed by atoms with E-state index in [-0.39, 0.29) is 11.1 Å². The second kappa shape index (κ2) is 2.85. The Morgan fingerprint density at radius 3 is 2.71 bits per heavy atom. The van der Waals surface area contributed by atoms with Gasteiger partial charge in [0, 0.05) is 5.54 Å². The van der Waals surface area contributed by atoms with Crippen molar-refractivity contribution in [3.8, 4) is 0 Å². The second-order valence-corrected chi connectivity index (χ2v) is 5.72. The van der Waals surface area contributed by atoms with Crippen molar-refractivity contribution >= 4 is 5.84 Å². The molecule has 0 amide bonds. The molecule has 0 radical (unpaired) electrons. The Balaban J connectivity index is 2.32. The van der Waals surface area contributed by atoms with Crippen LogP contribution in [0, 0.1) is 0 Å². The lowest BCUT2D eigenvalue weighted by molar-refractivity contribution is 0.419. The average Bonchev–Trinajstić information content (AvgIpc) is 1.99. The second-order valence-electron chi connectivity index (χ2n) is 5.72. The van der Waals surface area contributed by atoms with Gasteiger partial charge in [-0.15, -0.1) is 0 Å². The molecule has 0 aromatic rings. The first-order valence-corrected chi connectivity index (χ1v) is 5.45. The van der Waals surface area contributed by atoms with E-state index in [1.807, 2.05) is 0 Å². The van der Waals surface area contributed by atoms with Crippen LogP contribution in [0.5, 0.6) is 0 Å². The van der Waals surface area contributed by atoms with Gasteiger partial charge < -0.3 is 5.32 Å². The van der Waals surface area contributed by atoms with Crippen LogP contribution in [0.4, 0.5) is 0 Å². The van der Waals surface area contributed by atoms with Crippen LogP contribution in [0.1, 0.15) is 47.0 Å². The lowest BCUT2D eigenvalue weighted by Gasteiger charge is -2.37. The molecule has 2 aliphatic rings. The Kier molecular flexibility index (Phi) is 1.98. The predicted molar refractivity (Wildman–Crippen MR) is 60.7 cm³/mol. The van der Waals surface area contributed by atoms with E-state index < -0.39 is 0 Å². The summed E-state index contributed by atoms with van der Waals surface area (Å²) in [4.78, 5) is 4.77. The summed E-state index contributed by atoms with van der Waals surface area (Å²) < 4.78 is 0. The summed E-state index contributed by atoms with van der Waals surface area (Å²) in [6.07, 6.45) is 5.81. The van der Waals surface area contributed by atoms with Crippen LogP contribution in [-0.4, -0.2) is 16.9 Å². The minimum atomic E-state index is 0.118. The van der Waals surface area contributed by atoms with Crippen molar-refractivity contribution in [3.63, 3.8) is 0 Å². The van der Waals surface area contributed by atoms with Gasteiger partial charge in [-0.2, -0.15) is 0 Å². The Morgan fingerprint density at radius 1 is 1.29 bits per heavy atom. The van der Waals surface area contributed by atoms with E-state index in [0.717, 1.165) is 12.3 Å². The van der Waals surface area contributed by atoms with Gasteiger partial charge in [-0.1, -0.05) is 6.08 Å². The maximum absolute atomic E-state index is 4.77. The molecule has 0 spiro atoms. The van der Waals surface area contributed by atoms with Gasteiger partial charge in [0.25, 0.3) is 0 Å². The molecule has 0 aromatic heterocycles. The zero-order valence-electron chi connectivity index (χ0n) is 9.65. The highest BCUT2D eigenvalue weighted by molar-refractivity contribution is 6.00. The van der Waals surface area contributed by atoms with Crippen molar-refractivity contribution in [1.82, 2.24) is 5.32 Å². The minimum absolute atomic E-state index is 0.118. The van der Waals surface area contributed by atoms with Crippen molar-refractivity contribution in [3.05, 3.63) is 11.6 Å². The van der Waals surface area contributed by atoms with Crippen LogP contribution in [-0.2, 0) is 0 Å². The molecule has 2 nitrogen and oxygen atoms in total. The van der Waals surface area contributed by atoms with E-state index in [1.165, 1.54) is 18.4 Å². The third-order valence-electron chi connectivity index (χ3n) is 3.04. The van der Waals surface area contributed by atoms with E-state index in [4.69, 9.17) is 4.99 Å². The number of hydrogen-bond acceptors (Lipinski definition) is 2. The summed E-state index contributed by atoms with van der Waals surface area (Å²) in [7, 11) is 0. The van der Waals surface area contributed by atoms with Crippen LogP contribution < -0.4 is 5.32 Å². The Morgan fingerprint density at radius 2 is 2.00 bits per heavy atom. The molecule has 2 aliphatic heterocycles. The highest BCUT2D eigenvalue weighted by atomic mass is 15.1. The van der Waals surface area contributed by atoms with Crippen molar-refractivity contribution in [2.45, 2.75) is 58.0 Å². The molecule has 14 heavy (non-hydrogen) atoms. The fraction of sp³-hybridized carbons (Fsp3) is 0.750. The number of amidine groups is 1. The maximum atomic E-state index is 4.77. The highest BCUT2D eigenvalue weighted by Crippen LogP contribution is 2.30. The molecule has 0 saturated carbocycles. The van der Waals surface area contributed by atoms with Gasteiger partial charge in [-0.3, -0.25) is 4.99 Å². The molecule has 78 valence electrons. The standard InChI is InChI=1S/C12H20N2/c1-11(2)7-5-9-6-8-12(3,4)14-10(9)13-11/h5H,6-8H2,1-4H3,(H,13,14). The fourth-order valence-corrected chi connectivity index (χ4v) is 2.05. The van der Waals surface area contributed by atoms with Gasteiger partial charge in [0.05, 0.1) is 5.54 Å². The topological polar surface area (TPSA) is 24.4 Å². The molecule has 2 heteroatoms. The maximum Gasteiger partial charge on any atom is 0.124 e. The molecule has 0 saturated heterocycles. The number of fused-ring (bicyclic) bond motifs is 1. The number of hydrogen-bond donors (Lipinski definition) is 1. The van der Waals surface area contributed by atoms with E-state index in [0.29, 0.717) is 0 Å². The largest absolute Gasteiger partial charge is 0.365 e. The number of nitrogens with zero attached hydrogens (tertiary/aromatic N) is 1. The Labute approximate surface area is 86.5 Å². The fourth-order valence-electron chi connectivity index (χ4n) is 2.05. The SMILES string of the molecule is CC1(C)CCC2=CCC(C)(C)NC2=N1. The minimum Gasteiger partial charge on any atom is -0.365 e. The number of aliphatic imine (C=N–C) groups is 1. The Bertz CT molecular complexity index is 308. The quantitative estimate of drug-likeness (QED) is 0.627. The molecule has 0 aliphatic carbocycles. The molecule has 0 fully saturated rings. The lowest BCUT2D eigenvalue weighted by Crippen LogP contribution is -2.49. The van der Waals surface area contributed by atoms with Crippen LogP contribution >= 0.6 is 0 Å². The summed E-state index contributed by atoms with van der Waals surface area (Å²) >= 11 is 0. The molecular formula is C12H20N2. The van der Waals surface area contributed by atoms with Gasteiger partial charge in [-0.05, 0) is 52.5 Å². The van der Waals surface area contributed by atoms with Crippen molar-refractivity contribution in [2.75, 3.05) is 0 Å². The van der Waals surface area contributed by atoms with Crippen molar-refractivity contribution in [2.24, 2.45) is 4.99 Å². The Hall–Kier alpha value is -0.790. The first-order chi connectivity index (χ1) is 6.38. The molecule has 0 atom stereocenters. The van der Waals surface area contributed by atoms with Crippen LogP contribution in [0.3, 0.4) is 0 Å². The number of rotatable bonds is 0. The summed E-state index contributed by atoms with van der Waals surface area (Å²) in [5.74, 6) is 1.14. The van der Waals surface area contributed by atoms with Gasteiger partial charge in [0.1, 0.15) is 5.84 Å². The summed E-state index contributed by atoms with van der Waals surface area (Å²) in [5.41, 5.74) is 1.71. The highest BCUT2D eigenvalue weighted by Gasteiger charge is 2.31. The van der Waals surface area contributed by atoms with Crippen LogP contribution in [0.15, 0.2) is 16.6 Å². The van der Waals surface area contributed by atoms with Crippen molar-refractivity contribution < 1.29 is 0 Å². The summed E-state index contributed by atoms with van der Waals surface area (Å²) in [6.45, 7) is 8.87. The van der Waals surface area contributed by atoms with E-state index >= 15 is 0 Å². The molecular weight excluding hydrogens is 172 g/mol. The zero-order valence-corrected chi connectivity index (χ0v) is 9.65. The average molecular weight is 192 g/mol. The predicted octanol–water partition coefficient (Wildman–Crippen LogP) is 2.66. The molecule has 0 aromatic carbocycles. The van der Waals surface area contributed by atoms with E-state index in [9.17, 15) is 0 Å². The molecule has 0 unspecified atom stereocenters. The van der Waals surface area contributed by atoms with Gasteiger partial charge >= 0.3 is 0 Å². The first kappa shape index (κ1) is 9.75. The van der Waals surface area contributed by atoms with E-state index in [1.54, 1.807) is 0 Å². The summed E-state index contributed by atoms with van der Waals surface area (Å²) in [6, 6.07) is 0. The first-order valence-electron chi connectivity index (χ1n) is 5.45. The zero-order chi connectivity index (χ0) is 10.4. The normalized spacial score (nSPS) is 28.3. The smallest absolute Gasteiger partial charge is 0.124 e. The third kappa shape index (κ3) is 1.84. The van der Waals surface area contributed by atoms with Gasteiger partial charge in [0.2, 0.25) is 0 Å². The molecule has 1 N–H and O–H groups in total. The lowest BCUT2D eigenvalue weighted by atomic mass is 9.86. The summed E-state index contributed by atoms with van der Waals surface area (Å²) in [5, 5.41) is 3.53. The van der Waals surface area contributed by atoms with Crippen LogP contribution in [0.25, 0.3) is 0 Å². The van der Waals surface area contributed by atoms with Crippen molar-refractivity contribution in [1.29, 1.82) is 0 Å². The van der Waals surface area contributed by atoms with Gasteiger partial charge in [0.15, 0.2) is 0 Å². The van der Waals surface area contributed by atoms with E-state index in [2.05, 4.69) is 39.1 Å². The van der Waals surface area contributed by atoms with Gasteiger partial charge in [-0.25, -0.2) is 0 Å². The number of nitrogens with one attached hydrogen (secondary N) is 1. The molecule has 2 rings (SSSR count). The molecule has 0 bridgehead atoms. The monoisotopic (exact) mass is 192 g/mol.